The number of nitrogens with zero attached hydrogens (tertiary/aromatic N) is 1. The highest BCUT2D eigenvalue weighted by Gasteiger charge is 2.43. The average Bonchev–Trinajstić information content (AvgIpc) is 2.50. The summed E-state index contributed by atoms with van der Waals surface area (Å²) in [6.45, 7) is 8.03. The highest BCUT2D eigenvalue weighted by atomic mass is 32.2. The summed E-state index contributed by atoms with van der Waals surface area (Å²) in [6, 6.07) is 4.94. The third-order valence-electron chi connectivity index (χ3n) is 4.38. The average molecular weight is 367 g/mol. The molecule has 0 aliphatic carbocycles. The molecule has 1 saturated heterocycles. The summed E-state index contributed by atoms with van der Waals surface area (Å²) in [4.78, 5) is 24.7. The minimum Gasteiger partial charge on any atom is -0.327 e. The number of rotatable bonds is 5. The number of hydrogen-bond acceptors (Lipinski definition) is 4. The van der Waals surface area contributed by atoms with Crippen molar-refractivity contribution in [2.75, 3.05) is 12.4 Å². The summed E-state index contributed by atoms with van der Waals surface area (Å²) in [7, 11) is -2.55. The van der Waals surface area contributed by atoms with Crippen molar-refractivity contribution in [1.29, 1.82) is 0 Å². The van der Waals surface area contributed by atoms with Gasteiger partial charge in [0.25, 0.3) is 10.0 Å². The van der Waals surface area contributed by atoms with E-state index < -0.39 is 21.4 Å². The molecule has 0 spiro atoms. The Kier molecular flexibility index (Phi) is 5.41. The van der Waals surface area contributed by atoms with Crippen LogP contribution in [0.5, 0.6) is 0 Å². The number of likely N-dealkylation sites (tertiary alicyclic amines) is 1. The van der Waals surface area contributed by atoms with Crippen LogP contribution in [0.15, 0.2) is 18.2 Å². The molecular formula is C17H25N3O4S. The zero-order chi connectivity index (χ0) is 18.9. The predicted octanol–water partition coefficient (Wildman–Crippen LogP) is 2.57. The highest BCUT2D eigenvalue weighted by molar-refractivity contribution is 7.90. The van der Waals surface area contributed by atoms with Crippen molar-refractivity contribution in [3.63, 3.8) is 0 Å². The van der Waals surface area contributed by atoms with Crippen LogP contribution >= 0.6 is 0 Å². The molecule has 3 amide bonds. The molecule has 0 bridgehead atoms. The number of carbonyl (C=O) groups is 2. The van der Waals surface area contributed by atoms with Gasteiger partial charge in [0.05, 0.1) is 6.42 Å². The maximum atomic E-state index is 12.3. The molecule has 1 aliphatic rings. The maximum absolute atomic E-state index is 12.3. The van der Waals surface area contributed by atoms with E-state index in [-0.39, 0.29) is 24.2 Å². The van der Waals surface area contributed by atoms with Crippen LogP contribution in [0.4, 0.5) is 10.5 Å². The van der Waals surface area contributed by atoms with E-state index in [0.29, 0.717) is 5.69 Å². The Balaban J connectivity index is 2.22. The molecular weight excluding hydrogens is 342 g/mol. The number of nitrogens with one attached hydrogen (secondary N) is 2. The van der Waals surface area contributed by atoms with Crippen LogP contribution in [-0.4, -0.2) is 37.7 Å². The van der Waals surface area contributed by atoms with Gasteiger partial charge in [-0.15, -0.1) is 0 Å². The first-order valence-corrected chi connectivity index (χ1v) is 9.80. The van der Waals surface area contributed by atoms with Gasteiger partial charge < -0.3 is 10.2 Å². The van der Waals surface area contributed by atoms with Crippen molar-refractivity contribution >= 4 is 27.6 Å². The molecule has 2 N–H and O–H groups in total. The van der Waals surface area contributed by atoms with Gasteiger partial charge in [0.2, 0.25) is 5.91 Å². The van der Waals surface area contributed by atoms with E-state index in [1.54, 1.807) is 0 Å². The molecule has 1 unspecified atom stereocenters. The second-order valence-electron chi connectivity index (χ2n) is 6.89. The Morgan fingerprint density at radius 2 is 1.68 bits per heavy atom. The molecule has 1 aromatic rings. The number of hydrogen-bond donors (Lipinski definition) is 2. The summed E-state index contributed by atoms with van der Waals surface area (Å²) in [5.74, 6) is 0.0741. The van der Waals surface area contributed by atoms with Crippen LogP contribution in [0.2, 0.25) is 0 Å². The lowest BCUT2D eigenvalue weighted by atomic mass is 9.93. The van der Waals surface area contributed by atoms with Gasteiger partial charge in [-0.2, -0.15) is 0 Å². The van der Waals surface area contributed by atoms with Crippen LogP contribution < -0.4 is 10.0 Å². The molecule has 1 heterocycles. The molecule has 8 heteroatoms. The molecule has 0 radical (unpaired) electrons. The number of β-lactam (4-membered cyclic amide) rings is 1. The first kappa shape index (κ1) is 19.2. The van der Waals surface area contributed by atoms with E-state index in [2.05, 4.69) is 5.32 Å². The van der Waals surface area contributed by atoms with Gasteiger partial charge in [-0.25, -0.2) is 17.9 Å². The Morgan fingerprint density at radius 3 is 2.08 bits per heavy atom. The summed E-state index contributed by atoms with van der Waals surface area (Å²) < 4.78 is 26.5. The second-order valence-corrected chi connectivity index (χ2v) is 8.72. The van der Waals surface area contributed by atoms with Gasteiger partial charge >= 0.3 is 6.03 Å². The molecule has 2 rings (SSSR count). The summed E-state index contributed by atoms with van der Waals surface area (Å²) in [5, 5.41) is 1.69. The Hall–Kier alpha value is -2.09. The normalized spacial score (nSPS) is 17.6. The second kappa shape index (κ2) is 7.03. The van der Waals surface area contributed by atoms with Crippen molar-refractivity contribution in [1.82, 2.24) is 9.62 Å². The van der Waals surface area contributed by atoms with E-state index in [1.165, 1.54) is 7.05 Å². The van der Waals surface area contributed by atoms with E-state index in [9.17, 15) is 18.0 Å². The first-order chi connectivity index (χ1) is 11.5. The van der Waals surface area contributed by atoms with Crippen LogP contribution in [0, 0.1) is 0 Å². The van der Waals surface area contributed by atoms with Crippen molar-refractivity contribution in [3.05, 3.63) is 29.3 Å². The molecule has 138 valence electrons. The molecule has 0 aromatic heterocycles. The Labute approximate surface area is 148 Å². The van der Waals surface area contributed by atoms with Gasteiger partial charge in [-0.1, -0.05) is 45.9 Å². The number of sulfonamides is 1. The number of anilines is 1. The summed E-state index contributed by atoms with van der Waals surface area (Å²) in [6.07, 6.45) is -0.112. The van der Waals surface area contributed by atoms with Crippen LogP contribution in [0.1, 0.15) is 57.1 Å². The fraction of sp³-hybridized carbons (Fsp3) is 0.529. The fourth-order valence-corrected chi connectivity index (χ4v) is 4.17. The number of para-hydroxylation sites is 1. The lowest BCUT2D eigenvalue weighted by Crippen LogP contribution is -2.58. The lowest BCUT2D eigenvalue weighted by Gasteiger charge is -2.36. The summed E-state index contributed by atoms with van der Waals surface area (Å²) >= 11 is 0. The van der Waals surface area contributed by atoms with Crippen molar-refractivity contribution in [2.24, 2.45) is 0 Å². The third kappa shape index (κ3) is 3.95. The summed E-state index contributed by atoms with van der Waals surface area (Å²) in [5.41, 5.74) is 2.52. The first-order valence-electron chi connectivity index (χ1n) is 8.25. The number of amides is 3. The quantitative estimate of drug-likeness (QED) is 0.782. The molecule has 25 heavy (non-hydrogen) atoms. The van der Waals surface area contributed by atoms with E-state index in [4.69, 9.17) is 0 Å². The molecule has 1 aliphatic heterocycles. The molecule has 1 aromatic carbocycles. The monoisotopic (exact) mass is 367 g/mol. The molecule has 7 nitrogen and oxygen atoms in total. The highest BCUT2D eigenvalue weighted by Crippen LogP contribution is 2.32. The van der Waals surface area contributed by atoms with E-state index in [0.717, 1.165) is 16.0 Å². The smallest absolute Gasteiger partial charge is 0.327 e. The number of carbonyl (C=O) groups excluding carboxylic acids is 2. The van der Waals surface area contributed by atoms with Crippen LogP contribution in [-0.2, 0) is 14.8 Å². The Morgan fingerprint density at radius 1 is 1.16 bits per heavy atom. The lowest BCUT2D eigenvalue weighted by molar-refractivity contribution is -0.139. The topological polar surface area (TPSA) is 95.6 Å². The molecule has 0 saturated carbocycles. The molecule has 1 fully saturated rings. The zero-order valence-electron chi connectivity index (χ0n) is 15.2. The largest absolute Gasteiger partial charge is 0.332 e. The van der Waals surface area contributed by atoms with Gasteiger partial charge in [-0.05, 0) is 23.0 Å². The maximum Gasteiger partial charge on any atom is 0.332 e. The van der Waals surface area contributed by atoms with Gasteiger partial charge in [0, 0.05) is 12.7 Å². The Bertz CT molecular complexity index is 761. The standard InChI is InChI=1S/C17H25N3O4S/c1-10(2)12-7-6-8-13(11(3)4)16(12)18-17(22)19-25(23,24)15-9-14(21)20(15)5/h6-8,10-11,15H,9H2,1-5H3,(H2,18,19,22). The van der Waals surface area contributed by atoms with E-state index in [1.807, 2.05) is 50.6 Å². The van der Waals surface area contributed by atoms with Crippen molar-refractivity contribution < 1.29 is 18.0 Å². The number of benzene rings is 1. The van der Waals surface area contributed by atoms with Crippen molar-refractivity contribution in [3.8, 4) is 0 Å². The predicted molar refractivity (Wildman–Crippen MR) is 96.9 cm³/mol. The SMILES string of the molecule is CC(C)c1cccc(C(C)C)c1NC(=O)NS(=O)(=O)C1CC(=O)N1C. The zero-order valence-corrected chi connectivity index (χ0v) is 16.0. The van der Waals surface area contributed by atoms with Crippen molar-refractivity contribution in [2.45, 2.75) is 51.3 Å². The van der Waals surface area contributed by atoms with Crippen LogP contribution in [0.25, 0.3) is 0 Å². The van der Waals surface area contributed by atoms with Gasteiger partial charge in [0.15, 0.2) is 5.37 Å². The van der Waals surface area contributed by atoms with Gasteiger partial charge in [-0.3, -0.25) is 4.79 Å². The molecule has 1 atom stereocenters. The van der Waals surface area contributed by atoms with E-state index >= 15 is 0 Å². The minimum atomic E-state index is -3.95. The minimum absolute atomic E-state index is 0.112. The van der Waals surface area contributed by atoms with Gasteiger partial charge in [0.1, 0.15) is 0 Å². The number of urea groups is 1. The van der Waals surface area contributed by atoms with Crippen LogP contribution in [0.3, 0.4) is 0 Å². The fourth-order valence-electron chi connectivity index (χ4n) is 2.83. The third-order valence-corrected chi connectivity index (χ3v) is 6.05.